The van der Waals surface area contributed by atoms with E-state index >= 15 is 0 Å². The minimum Gasteiger partial charge on any atom is -0.394 e. The summed E-state index contributed by atoms with van der Waals surface area (Å²) in [5.74, 6) is -0.0661. The lowest BCUT2D eigenvalue weighted by atomic mass is 10.0. The van der Waals surface area contributed by atoms with Gasteiger partial charge in [-0.15, -0.1) is 0 Å². The van der Waals surface area contributed by atoms with E-state index in [9.17, 15) is 15.0 Å². The van der Waals surface area contributed by atoms with Gasteiger partial charge in [-0.3, -0.25) is 4.79 Å². The topological polar surface area (TPSA) is 69.6 Å². The van der Waals surface area contributed by atoms with Crippen molar-refractivity contribution in [1.82, 2.24) is 5.32 Å². The molecule has 0 radical (unpaired) electrons. The Morgan fingerprint density at radius 2 is 0.564 bits per heavy atom. The lowest BCUT2D eigenvalue weighted by Gasteiger charge is -2.20. The van der Waals surface area contributed by atoms with Crippen LogP contribution in [0.4, 0.5) is 0 Å². The first-order chi connectivity index (χ1) is 38.7. The molecule has 450 valence electrons. The SMILES string of the molecule is CC/C=C\C/C=C\C/C=C\C/C=C\C/C=C\C/C=C\C/C=C\C/C=C\CCCCCCCCCCCCCCC(=O)NC(CO)C(O)/C=C/CCCCCCCCCCCCCCCCCCCCCCCCCCCCC. The summed E-state index contributed by atoms with van der Waals surface area (Å²) < 4.78 is 0. The van der Waals surface area contributed by atoms with Gasteiger partial charge in [0.05, 0.1) is 18.8 Å². The van der Waals surface area contributed by atoms with Crippen molar-refractivity contribution in [3.05, 3.63) is 109 Å². The number of rotatable bonds is 62. The maximum atomic E-state index is 12.5. The van der Waals surface area contributed by atoms with E-state index in [4.69, 9.17) is 0 Å². The second kappa shape index (κ2) is 68.3. The number of carbonyl (C=O) groups excluding carboxylic acids is 1. The highest BCUT2D eigenvalue weighted by molar-refractivity contribution is 5.76. The first-order valence-electron chi connectivity index (χ1n) is 34.1. The van der Waals surface area contributed by atoms with E-state index < -0.39 is 12.1 Å². The number of carbonyl (C=O) groups is 1. The molecule has 0 bridgehead atoms. The molecule has 0 rings (SSSR count). The number of aliphatic hydroxyl groups is 2. The summed E-state index contributed by atoms with van der Waals surface area (Å²) in [5.41, 5.74) is 0. The quantitative estimate of drug-likeness (QED) is 0.0420. The van der Waals surface area contributed by atoms with Crippen LogP contribution in [0.25, 0.3) is 0 Å². The van der Waals surface area contributed by atoms with Crippen molar-refractivity contribution >= 4 is 5.91 Å². The van der Waals surface area contributed by atoms with Crippen LogP contribution in [0.1, 0.15) is 335 Å². The first kappa shape index (κ1) is 75.0. The number of hydrogen-bond donors (Lipinski definition) is 3. The molecule has 1 amide bonds. The molecule has 0 aliphatic rings. The van der Waals surface area contributed by atoms with Crippen molar-refractivity contribution in [1.29, 1.82) is 0 Å². The number of allylic oxidation sites excluding steroid dienone is 17. The van der Waals surface area contributed by atoms with Gasteiger partial charge in [-0.1, -0.05) is 354 Å². The van der Waals surface area contributed by atoms with Crippen LogP contribution < -0.4 is 5.32 Å². The van der Waals surface area contributed by atoms with Crippen molar-refractivity contribution in [2.45, 2.75) is 347 Å². The van der Waals surface area contributed by atoms with Crippen LogP contribution in [0, 0.1) is 0 Å². The Kier molecular flexibility index (Phi) is 65.7. The molecule has 4 nitrogen and oxygen atoms in total. The predicted molar refractivity (Wildman–Crippen MR) is 349 cm³/mol. The van der Waals surface area contributed by atoms with E-state index in [1.165, 1.54) is 238 Å². The molecule has 0 saturated carbocycles. The summed E-state index contributed by atoms with van der Waals surface area (Å²) in [6, 6.07) is -0.631. The van der Waals surface area contributed by atoms with Crippen LogP contribution >= 0.6 is 0 Å². The van der Waals surface area contributed by atoms with Crippen LogP contribution in [-0.4, -0.2) is 34.9 Å². The molecular formula is C74H131NO3. The minimum absolute atomic E-state index is 0.0661. The van der Waals surface area contributed by atoms with E-state index in [1.807, 2.05) is 6.08 Å². The molecule has 0 aliphatic heterocycles. The van der Waals surface area contributed by atoms with Crippen molar-refractivity contribution in [3.63, 3.8) is 0 Å². The standard InChI is InChI=1S/C74H131NO3/c1-3-5-7-9-11-13-15-17-19-21-23-25-27-29-31-33-34-35-36-37-38-39-40-42-44-46-48-50-52-54-56-58-60-62-64-66-68-70-74(78)75-72(71-76)73(77)69-67-65-63-61-59-57-55-53-51-49-47-45-43-41-32-30-28-26-24-22-20-18-16-14-12-10-8-6-4-2/h5,7,11,13,17,19,23,25,29,31,34-35,37-38,40,42,67,69,72-73,76-77H,3-4,6,8-10,12,14-16,18,20-22,24,26-28,30,32-33,36,39,41,43-66,68,70-71H2,1-2H3,(H,75,78)/b7-5-,13-11-,19-17-,25-23-,31-29-,35-34-,38-37-,42-40-,69-67+. The van der Waals surface area contributed by atoms with Crippen molar-refractivity contribution in [3.8, 4) is 0 Å². The number of aliphatic hydroxyl groups excluding tert-OH is 2. The molecular weight excluding hydrogens is 951 g/mol. The maximum Gasteiger partial charge on any atom is 0.220 e. The summed E-state index contributed by atoms with van der Waals surface area (Å²) in [5, 5.41) is 23.3. The Labute approximate surface area is 486 Å². The second-order valence-corrected chi connectivity index (χ2v) is 22.9. The Morgan fingerprint density at radius 3 is 0.846 bits per heavy atom. The molecule has 0 aromatic rings. The average Bonchev–Trinajstić information content (AvgIpc) is 3.44. The highest BCUT2D eigenvalue weighted by Crippen LogP contribution is 2.18. The van der Waals surface area contributed by atoms with E-state index in [0.717, 1.165) is 77.0 Å². The Balaban J connectivity index is 3.52. The zero-order valence-electron chi connectivity index (χ0n) is 51.9. The molecule has 2 unspecified atom stereocenters. The normalized spacial score (nSPS) is 13.4. The molecule has 0 spiro atoms. The monoisotopic (exact) mass is 1080 g/mol. The van der Waals surface area contributed by atoms with Crippen LogP contribution in [-0.2, 0) is 4.79 Å². The van der Waals surface area contributed by atoms with Crippen LogP contribution in [0.5, 0.6) is 0 Å². The van der Waals surface area contributed by atoms with Crippen LogP contribution in [0.15, 0.2) is 109 Å². The number of amides is 1. The van der Waals surface area contributed by atoms with Crippen molar-refractivity contribution in [2.75, 3.05) is 6.61 Å². The second-order valence-electron chi connectivity index (χ2n) is 22.9. The van der Waals surface area contributed by atoms with Crippen LogP contribution in [0.3, 0.4) is 0 Å². The maximum absolute atomic E-state index is 12.5. The fourth-order valence-corrected chi connectivity index (χ4v) is 10.1. The predicted octanol–water partition coefficient (Wildman–Crippen LogP) is 23.4. The number of unbranched alkanes of at least 4 members (excludes halogenated alkanes) is 39. The van der Waals surface area contributed by atoms with Gasteiger partial charge in [0.15, 0.2) is 0 Å². The third-order valence-electron chi connectivity index (χ3n) is 15.3. The minimum atomic E-state index is -0.848. The third kappa shape index (κ3) is 63.9. The van der Waals surface area contributed by atoms with E-state index in [-0.39, 0.29) is 12.5 Å². The Morgan fingerprint density at radius 1 is 0.321 bits per heavy atom. The molecule has 3 N–H and O–H groups in total. The molecule has 78 heavy (non-hydrogen) atoms. The molecule has 4 heteroatoms. The van der Waals surface area contributed by atoms with Gasteiger partial charge in [0.25, 0.3) is 0 Å². The number of hydrogen-bond acceptors (Lipinski definition) is 3. The lowest BCUT2D eigenvalue weighted by Crippen LogP contribution is -2.45. The molecule has 0 saturated heterocycles. The number of nitrogens with one attached hydrogen (secondary N) is 1. The van der Waals surface area contributed by atoms with E-state index in [2.05, 4.69) is 116 Å². The fraction of sp³-hybridized carbons (Fsp3) is 0.743. The van der Waals surface area contributed by atoms with Gasteiger partial charge in [-0.2, -0.15) is 0 Å². The Hall–Kier alpha value is -2.95. The van der Waals surface area contributed by atoms with Crippen molar-refractivity contribution < 1.29 is 15.0 Å². The third-order valence-corrected chi connectivity index (χ3v) is 15.3. The van der Waals surface area contributed by atoms with Crippen molar-refractivity contribution in [2.24, 2.45) is 0 Å². The van der Waals surface area contributed by atoms with Gasteiger partial charge < -0.3 is 15.5 Å². The zero-order valence-corrected chi connectivity index (χ0v) is 51.9. The van der Waals surface area contributed by atoms with Gasteiger partial charge in [-0.25, -0.2) is 0 Å². The summed E-state index contributed by atoms with van der Waals surface area (Å²) in [6.45, 7) is 4.22. The molecule has 0 fully saturated rings. The van der Waals surface area contributed by atoms with Gasteiger partial charge in [0.2, 0.25) is 5.91 Å². The van der Waals surface area contributed by atoms with Gasteiger partial charge in [0, 0.05) is 6.42 Å². The molecule has 0 heterocycles. The molecule has 2 atom stereocenters. The summed E-state index contributed by atoms with van der Waals surface area (Å²) >= 11 is 0. The highest BCUT2D eigenvalue weighted by Gasteiger charge is 2.18. The lowest BCUT2D eigenvalue weighted by molar-refractivity contribution is -0.123. The van der Waals surface area contributed by atoms with E-state index in [1.54, 1.807) is 6.08 Å². The van der Waals surface area contributed by atoms with Gasteiger partial charge in [-0.05, 0) is 83.5 Å². The molecule has 0 aromatic heterocycles. The smallest absolute Gasteiger partial charge is 0.220 e. The molecule has 0 aliphatic carbocycles. The first-order valence-corrected chi connectivity index (χ1v) is 34.1. The van der Waals surface area contributed by atoms with Gasteiger partial charge in [0.1, 0.15) is 0 Å². The summed E-state index contributed by atoms with van der Waals surface area (Å²) in [6.07, 6.45) is 103. The van der Waals surface area contributed by atoms with Crippen LogP contribution in [0.2, 0.25) is 0 Å². The molecule has 0 aromatic carbocycles. The summed E-state index contributed by atoms with van der Waals surface area (Å²) in [7, 11) is 0. The largest absolute Gasteiger partial charge is 0.394 e. The summed E-state index contributed by atoms with van der Waals surface area (Å²) in [4.78, 5) is 12.5. The Bertz CT molecular complexity index is 1460. The fourth-order valence-electron chi connectivity index (χ4n) is 10.1. The van der Waals surface area contributed by atoms with E-state index in [0.29, 0.717) is 6.42 Å². The highest BCUT2D eigenvalue weighted by atomic mass is 16.3. The van der Waals surface area contributed by atoms with Gasteiger partial charge >= 0.3 is 0 Å². The zero-order chi connectivity index (χ0) is 56.2. The average molecular weight is 1080 g/mol.